The summed E-state index contributed by atoms with van der Waals surface area (Å²) in [6, 6.07) is 3.32. The lowest BCUT2D eigenvalue weighted by molar-refractivity contribution is -0.192. The molecule has 17 heteroatoms. The van der Waals surface area contributed by atoms with Gasteiger partial charge in [0.15, 0.2) is 17.4 Å². The van der Waals surface area contributed by atoms with Crippen molar-refractivity contribution in [3.63, 3.8) is 0 Å². The van der Waals surface area contributed by atoms with E-state index in [1.807, 2.05) is 7.05 Å². The Morgan fingerprint density at radius 1 is 1.10 bits per heavy atom. The molecule has 0 saturated carbocycles. The van der Waals surface area contributed by atoms with Gasteiger partial charge < -0.3 is 45.1 Å². The minimum Gasteiger partial charge on any atom is -0.494 e. The predicted molar refractivity (Wildman–Crippen MR) is 145 cm³/mol. The molecule has 230 valence electrons. The van der Waals surface area contributed by atoms with Crippen molar-refractivity contribution in [1.29, 1.82) is 0 Å². The van der Waals surface area contributed by atoms with Crippen molar-refractivity contribution in [3.05, 3.63) is 24.0 Å². The number of halogens is 3. The van der Waals surface area contributed by atoms with Gasteiger partial charge in [-0.3, -0.25) is 9.79 Å². The van der Waals surface area contributed by atoms with Crippen LogP contribution in [0.25, 0.3) is 11.0 Å². The van der Waals surface area contributed by atoms with Gasteiger partial charge in [0.2, 0.25) is 5.75 Å². The van der Waals surface area contributed by atoms with E-state index in [-0.39, 0.29) is 18.9 Å². The molecular weight excluding hydrogens is 569 g/mol. The number of aromatic hydroxyl groups is 1. The summed E-state index contributed by atoms with van der Waals surface area (Å²) < 4.78 is 48.3. The summed E-state index contributed by atoms with van der Waals surface area (Å²) in [6.07, 6.45) is -0.942. The summed E-state index contributed by atoms with van der Waals surface area (Å²) in [5.74, 6) is -2.02. The molecule has 0 radical (unpaired) electrons. The number of benzene rings is 1. The van der Waals surface area contributed by atoms with E-state index in [4.69, 9.17) is 29.2 Å². The summed E-state index contributed by atoms with van der Waals surface area (Å²) in [5, 5.41) is 33.4. The van der Waals surface area contributed by atoms with Gasteiger partial charge in [-0.15, -0.1) is 0 Å². The van der Waals surface area contributed by atoms with Crippen LogP contribution < -0.4 is 24.8 Å². The summed E-state index contributed by atoms with van der Waals surface area (Å²) >= 11 is 0. The molecule has 0 unspecified atom stereocenters. The van der Waals surface area contributed by atoms with Crippen LogP contribution in [0, 0.1) is 0 Å². The van der Waals surface area contributed by atoms with Crippen LogP contribution in [0.5, 0.6) is 23.1 Å². The summed E-state index contributed by atoms with van der Waals surface area (Å²) in [5.41, 5.74) is 1.38. The highest BCUT2D eigenvalue weighted by molar-refractivity contribution is 6.06. The number of carboxylic acid groups (broad SMARTS) is 2. The van der Waals surface area contributed by atoms with Crippen LogP contribution in [-0.2, 0) is 9.59 Å². The Bertz CT molecular complexity index is 1380. The first-order valence-corrected chi connectivity index (χ1v) is 12.3. The molecule has 0 atom stereocenters. The molecule has 0 fully saturated rings. The Hall–Kier alpha value is -4.80. The van der Waals surface area contributed by atoms with Gasteiger partial charge in [0.25, 0.3) is 0 Å². The van der Waals surface area contributed by atoms with E-state index in [0.29, 0.717) is 58.3 Å². The maximum atomic E-state index is 10.8. The Kier molecular flexibility index (Phi) is 12.6. The highest BCUT2D eigenvalue weighted by Crippen LogP contribution is 2.41. The van der Waals surface area contributed by atoms with Crippen molar-refractivity contribution in [2.75, 3.05) is 46.3 Å². The van der Waals surface area contributed by atoms with Crippen LogP contribution in [-0.4, -0.2) is 95.6 Å². The van der Waals surface area contributed by atoms with E-state index in [2.05, 4.69) is 30.6 Å². The number of carboxylic acids is 2. The number of anilines is 1. The number of nitrogens with one attached hydrogen (secondary N) is 3. The Labute approximate surface area is 237 Å². The zero-order valence-electron chi connectivity index (χ0n) is 22.9. The number of carbonyl (C=O) groups is 2. The first kappa shape index (κ1) is 33.4. The topological polar surface area (TPSA) is 201 Å². The minimum absolute atomic E-state index is 0.00939. The number of aliphatic carboxylic acids is 2. The van der Waals surface area contributed by atoms with Crippen LogP contribution >= 0.6 is 0 Å². The minimum atomic E-state index is -5.08. The number of nitrogens with zero attached hydrogens (tertiary/aromatic N) is 3. The van der Waals surface area contributed by atoms with Gasteiger partial charge in [-0.25, -0.2) is 14.8 Å². The van der Waals surface area contributed by atoms with Crippen molar-refractivity contribution >= 4 is 40.7 Å². The molecule has 2 heterocycles. The number of aromatic nitrogens is 3. The highest BCUT2D eigenvalue weighted by atomic mass is 19.4. The molecule has 0 aliphatic heterocycles. The zero-order chi connectivity index (χ0) is 31.3. The van der Waals surface area contributed by atoms with E-state index in [1.165, 1.54) is 26.8 Å². The number of rotatable bonds is 14. The quantitative estimate of drug-likeness (QED) is 0.117. The summed E-state index contributed by atoms with van der Waals surface area (Å²) in [4.78, 5) is 35.5. The average Bonchev–Trinajstić information content (AvgIpc) is 3.27. The monoisotopic (exact) mass is 600 g/mol. The smallest absolute Gasteiger partial charge is 0.490 e. The lowest BCUT2D eigenvalue weighted by Gasteiger charge is -2.14. The molecule has 0 spiro atoms. The predicted octanol–water partition coefficient (Wildman–Crippen LogP) is 3.33. The number of aromatic amines is 1. The lowest BCUT2D eigenvalue weighted by Crippen LogP contribution is -2.21. The SMILES string of the molecule is CNCCCNc1ncnc2[nH]c(O)c(C=Nc3cc(OC)c(OC)c(OCCCC(=O)O)c3)c12.O=C(O)C(F)(F)F. The Morgan fingerprint density at radius 2 is 1.79 bits per heavy atom. The molecule has 1 aromatic carbocycles. The van der Waals surface area contributed by atoms with Crippen molar-refractivity contribution in [1.82, 2.24) is 20.3 Å². The van der Waals surface area contributed by atoms with Crippen LogP contribution in [0.1, 0.15) is 24.8 Å². The first-order valence-electron chi connectivity index (χ1n) is 12.3. The van der Waals surface area contributed by atoms with Crippen molar-refractivity contribution in [2.24, 2.45) is 4.99 Å². The second-order valence-electron chi connectivity index (χ2n) is 8.30. The van der Waals surface area contributed by atoms with Gasteiger partial charge >= 0.3 is 18.1 Å². The molecule has 3 rings (SSSR count). The number of hydrogen-bond acceptors (Lipinski definition) is 11. The van der Waals surface area contributed by atoms with Crippen LogP contribution in [0.15, 0.2) is 23.5 Å². The van der Waals surface area contributed by atoms with E-state index in [1.54, 1.807) is 12.1 Å². The highest BCUT2D eigenvalue weighted by Gasteiger charge is 2.38. The molecule has 0 aliphatic rings. The van der Waals surface area contributed by atoms with Gasteiger partial charge in [-0.1, -0.05) is 0 Å². The summed E-state index contributed by atoms with van der Waals surface area (Å²) in [6.45, 7) is 1.73. The number of hydrogen-bond donors (Lipinski definition) is 6. The standard InChI is InChI=1S/C23H30N6O6.C2HF3O2/c1-24-7-5-8-25-21-19-15(23(32)29-22(19)28-13-27-21)12-26-14-10-16(33-2)20(34-3)17(11-14)35-9-4-6-18(30)31;3-2(4,5)1(6)7/h10-13,24,32H,4-9H2,1-3H3,(H,30,31)(H2,25,27,28,29);(H,6,7). The molecule has 0 bridgehead atoms. The third-order valence-electron chi connectivity index (χ3n) is 5.31. The average molecular weight is 601 g/mol. The molecular formula is C25H31F3N6O8. The molecule has 0 saturated heterocycles. The van der Waals surface area contributed by atoms with E-state index >= 15 is 0 Å². The van der Waals surface area contributed by atoms with Crippen LogP contribution in [0.2, 0.25) is 0 Å². The first-order chi connectivity index (χ1) is 19.9. The Morgan fingerprint density at radius 3 is 2.38 bits per heavy atom. The maximum absolute atomic E-state index is 10.8. The fourth-order valence-electron chi connectivity index (χ4n) is 3.41. The third kappa shape index (κ3) is 9.69. The second-order valence-corrected chi connectivity index (χ2v) is 8.30. The molecule has 0 amide bonds. The van der Waals surface area contributed by atoms with E-state index in [0.717, 1.165) is 13.0 Å². The number of H-pyrrole nitrogens is 1. The molecule has 0 aliphatic carbocycles. The van der Waals surface area contributed by atoms with Crippen LogP contribution in [0.4, 0.5) is 24.7 Å². The number of methoxy groups -OCH3 is 2. The van der Waals surface area contributed by atoms with E-state index in [9.17, 15) is 23.1 Å². The number of fused-ring (bicyclic) bond motifs is 1. The molecule has 42 heavy (non-hydrogen) atoms. The molecule has 6 N–H and O–H groups in total. The van der Waals surface area contributed by atoms with Crippen molar-refractivity contribution in [2.45, 2.75) is 25.4 Å². The van der Waals surface area contributed by atoms with Gasteiger partial charge in [0.1, 0.15) is 17.8 Å². The van der Waals surface area contributed by atoms with Crippen LogP contribution in [0.3, 0.4) is 0 Å². The normalized spacial score (nSPS) is 11.2. The van der Waals surface area contributed by atoms with E-state index < -0.39 is 18.1 Å². The third-order valence-corrected chi connectivity index (χ3v) is 5.31. The van der Waals surface area contributed by atoms with Gasteiger partial charge in [0.05, 0.1) is 37.5 Å². The maximum Gasteiger partial charge on any atom is 0.490 e. The van der Waals surface area contributed by atoms with Crippen molar-refractivity contribution in [3.8, 4) is 23.1 Å². The number of ether oxygens (including phenoxy) is 3. The number of aliphatic imine (C=N–C) groups is 1. The van der Waals surface area contributed by atoms with Gasteiger partial charge in [0, 0.05) is 31.3 Å². The fourth-order valence-corrected chi connectivity index (χ4v) is 3.41. The van der Waals surface area contributed by atoms with Gasteiger partial charge in [-0.2, -0.15) is 13.2 Å². The van der Waals surface area contributed by atoms with Gasteiger partial charge in [-0.05, 0) is 26.4 Å². The largest absolute Gasteiger partial charge is 0.494 e. The second kappa shape index (κ2) is 15.8. The lowest BCUT2D eigenvalue weighted by atomic mass is 10.2. The molecule has 14 nitrogen and oxygen atoms in total. The van der Waals surface area contributed by atoms with Crippen molar-refractivity contribution < 1.29 is 52.3 Å². The Balaban J connectivity index is 0.000000782. The fraction of sp³-hybridized carbons (Fsp3) is 0.400. The summed E-state index contributed by atoms with van der Waals surface area (Å²) in [7, 11) is 4.87. The number of alkyl halides is 3. The molecule has 3 aromatic rings. The zero-order valence-corrected chi connectivity index (χ0v) is 22.9. The molecule has 2 aromatic heterocycles.